The first kappa shape index (κ1) is 15.9. The second kappa shape index (κ2) is 9.17. The summed E-state index contributed by atoms with van der Waals surface area (Å²) >= 11 is 0. The zero-order chi connectivity index (χ0) is 3.58. The molecule has 0 aromatic heterocycles. The number of rotatable bonds is 0. The maximum atomic E-state index is 8.52. The SMILES string of the molecule is O=[Si]([O-])[O-].[Cu+].[Cu+]. The van der Waals surface area contributed by atoms with Crippen molar-refractivity contribution >= 4 is 9.17 Å². The van der Waals surface area contributed by atoms with Gasteiger partial charge in [0.05, 0.1) is 0 Å². The monoisotopic (exact) mass is 202 g/mol. The third-order valence-corrected chi connectivity index (χ3v) is 0. The van der Waals surface area contributed by atoms with Crippen molar-refractivity contribution in [2.75, 3.05) is 0 Å². The van der Waals surface area contributed by atoms with Crippen LogP contribution in [0, 0.1) is 0 Å². The molecule has 0 saturated heterocycles. The summed E-state index contributed by atoms with van der Waals surface area (Å²) < 4.78 is 8.52. The molecule has 0 saturated carbocycles. The van der Waals surface area contributed by atoms with Gasteiger partial charge in [-0.15, -0.1) is 0 Å². The van der Waals surface area contributed by atoms with E-state index in [1.165, 1.54) is 0 Å². The third-order valence-electron chi connectivity index (χ3n) is 0. The minimum Gasteiger partial charge on any atom is -0.672 e. The molecule has 6 heteroatoms. The van der Waals surface area contributed by atoms with Gasteiger partial charge in [0.2, 0.25) is 0 Å². The van der Waals surface area contributed by atoms with E-state index in [2.05, 4.69) is 0 Å². The van der Waals surface area contributed by atoms with Crippen molar-refractivity contribution in [2.24, 2.45) is 0 Å². The van der Waals surface area contributed by atoms with E-state index in [0.29, 0.717) is 0 Å². The molecule has 0 spiro atoms. The fourth-order valence-electron chi connectivity index (χ4n) is 0. The molecule has 0 radical (unpaired) electrons. The Morgan fingerprint density at radius 3 is 1.17 bits per heavy atom. The standard InChI is InChI=1S/2Cu.O3Si/c;;1-4(2)3/q2*+1;-2. The molecule has 0 aliphatic heterocycles. The van der Waals surface area contributed by atoms with Gasteiger partial charge in [-0.2, -0.15) is 0 Å². The average molecular weight is 203 g/mol. The molecule has 0 atom stereocenters. The van der Waals surface area contributed by atoms with E-state index in [1.54, 1.807) is 0 Å². The second-order valence-electron chi connectivity index (χ2n) is 0.250. The van der Waals surface area contributed by atoms with E-state index < -0.39 is 9.17 Å². The Morgan fingerprint density at radius 1 is 1.17 bits per heavy atom. The van der Waals surface area contributed by atoms with Gasteiger partial charge in [0.1, 0.15) is 0 Å². The first-order valence-electron chi connectivity index (χ1n) is 0.612. The minimum absolute atomic E-state index is 0. The van der Waals surface area contributed by atoms with E-state index >= 15 is 0 Å². The molecule has 0 rings (SSSR count). The van der Waals surface area contributed by atoms with Crippen molar-refractivity contribution in [2.45, 2.75) is 0 Å². The van der Waals surface area contributed by atoms with Crippen molar-refractivity contribution in [3.05, 3.63) is 0 Å². The first-order chi connectivity index (χ1) is 1.73. The number of hydrogen-bond donors (Lipinski definition) is 0. The summed E-state index contributed by atoms with van der Waals surface area (Å²) in [6, 6.07) is 0. The quantitative estimate of drug-likeness (QED) is 0.397. The van der Waals surface area contributed by atoms with Crippen molar-refractivity contribution in [3.8, 4) is 0 Å². The Balaban J connectivity index is -0.0000000450. The Kier molecular flexibility index (Phi) is 24.4. The largest absolute Gasteiger partial charge is 1.00 e. The normalized spacial score (nSPS) is 4.00. The number of hydrogen-bond acceptors (Lipinski definition) is 3. The van der Waals surface area contributed by atoms with E-state index in [4.69, 9.17) is 14.1 Å². The van der Waals surface area contributed by atoms with Gasteiger partial charge in [-0.25, -0.2) is 0 Å². The summed E-state index contributed by atoms with van der Waals surface area (Å²) in [5.41, 5.74) is 0. The molecule has 0 aliphatic rings. The van der Waals surface area contributed by atoms with Crippen LogP contribution in [0.2, 0.25) is 0 Å². The van der Waals surface area contributed by atoms with Crippen LogP contribution in [0.15, 0.2) is 0 Å². The molecule has 0 aromatic rings. The molecule has 0 unspecified atom stereocenters. The zero-order valence-corrected chi connectivity index (χ0v) is 5.21. The minimum atomic E-state index is -3.63. The Bertz CT molecular complexity index is 31.8. The van der Waals surface area contributed by atoms with E-state index in [0.717, 1.165) is 0 Å². The maximum absolute atomic E-state index is 8.52. The van der Waals surface area contributed by atoms with Crippen molar-refractivity contribution in [3.63, 3.8) is 0 Å². The fourth-order valence-corrected chi connectivity index (χ4v) is 0. The average Bonchev–Trinajstić information content (AvgIpc) is 0.811. The molecule has 0 fully saturated rings. The molecule has 0 amide bonds. The van der Waals surface area contributed by atoms with Crippen LogP contribution in [0.1, 0.15) is 0 Å². The van der Waals surface area contributed by atoms with Crippen LogP contribution in [-0.4, -0.2) is 9.17 Å². The van der Waals surface area contributed by atoms with Crippen molar-refractivity contribution < 1.29 is 48.2 Å². The molecule has 0 N–H and O–H groups in total. The fraction of sp³-hybridized carbons (Fsp3) is 0. The third kappa shape index (κ3) is 145. The Labute approximate surface area is 57.6 Å². The van der Waals surface area contributed by atoms with E-state index in [-0.39, 0.29) is 34.1 Å². The zero-order valence-electron chi connectivity index (χ0n) is 2.33. The Morgan fingerprint density at radius 2 is 1.17 bits per heavy atom. The van der Waals surface area contributed by atoms with Crippen LogP contribution in [0.4, 0.5) is 0 Å². The summed E-state index contributed by atoms with van der Waals surface area (Å²) in [7, 11) is -3.63. The predicted octanol–water partition coefficient (Wildman–Crippen LogP) is -2.88. The van der Waals surface area contributed by atoms with Gasteiger partial charge in [0, 0.05) is 9.17 Å². The predicted molar refractivity (Wildman–Crippen MR) is 6.44 cm³/mol. The van der Waals surface area contributed by atoms with Gasteiger partial charge in [-0.1, -0.05) is 0 Å². The summed E-state index contributed by atoms with van der Waals surface area (Å²) in [5, 5.41) is 0. The van der Waals surface area contributed by atoms with Gasteiger partial charge >= 0.3 is 34.1 Å². The van der Waals surface area contributed by atoms with Crippen LogP contribution in [0.5, 0.6) is 0 Å². The van der Waals surface area contributed by atoms with E-state index in [1.807, 2.05) is 0 Å². The molecule has 44 valence electrons. The molecular formula is Cu2O3Si. The van der Waals surface area contributed by atoms with Gasteiger partial charge in [0.15, 0.2) is 0 Å². The topological polar surface area (TPSA) is 63.2 Å². The van der Waals surface area contributed by atoms with Gasteiger partial charge < -0.3 is 14.1 Å². The maximum Gasteiger partial charge on any atom is 1.00 e. The van der Waals surface area contributed by atoms with Crippen molar-refractivity contribution in [1.82, 2.24) is 0 Å². The molecule has 0 heterocycles. The summed E-state index contributed by atoms with van der Waals surface area (Å²) in [6.07, 6.45) is 0. The second-order valence-corrected chi connectivity index (χ2v) is 0.750. The van der Waals surface area contributed by atoms with Crippen LogP contribution in [0.3, 0.4) is 0 Å². The van der Waals surface area contributed by atoms with Crippen LogP contribution in [0.25, 0.3) is 0 Å². The summed E-state index contributed by atoms with van der Waals surface area (Å²) in [4.78, 5) is 17.0. The summed E-state index contributed by atoms with van der Waals surface area (Å²) in [5.74, 6) is 0. The van der Waals surface area contributed by atoms with Crippen LogP contribution >= 0.6 is 0 Å². The molecule has 6 heavy (non-hydrogen) atoms. The van der Waals surface area contributed by atoms with Gasteiger partial charge in [-0.05, 0) is 0 Å². The molecular weight excluding hydrogens is 203 g/mol. The molecule has 0 bridgehead atoms. The molecule has 0 aliphatic carbocycles. The van der Waals surface area contributed by atoms with Gasteiger partial charge in [0.25, 0.3) is 0 Å². The van der Waals surface area contributed by atoms with Crippen LogP contribution < -0.4 is 9.59 Å². The van der Waals surface area contributed by atoms with E-state index in [9.17, 15) is 0 Å². The van der Waals surface area contributed by atoms with Crippen LogP contribution in [-0.2, 0) is 38.6 Å². The summed E-state index contributed by atoms with van der Waals surface area (Å²) in [6.45, 7) is 0. The van der Waals surface area contributed by atoms with Crippen molar-refractivity contribution in [1.29, 1.82) is 0 Å². The molecule has 0 aromatic carbocycles. The van der Waals surface area contributed by atoms with Gasteiger partial charge in [-0.3, -0.25) is 0 Å². The Hall–Kier alpha value is 0.656. The molecule has 3 nitrogen and oxygen atoms in total. The first-order valence-corrected chi connectivity index (χ1v) is 1.84. The smallest absolute Gasteiger partial charge is 0.672 e.